The zero-order valence-corrected chi connectivity index (χ0v) is 20.0. The van der Waals surface area contributed by atoms with Crippen molar-refractivity contribution in [1.82, 2.24) is 14.8 Å². The van der Waals surface area contributed by atoms with Crippen LogP contribution in [0.25, 0.3) is 6.08 Å². The van der Waals surface area contributed by atoms with E-state index in [1.807, 2.05) is 30.4 Å². The summed E-state index contributed by atoms with van der Waals surface area (Å²) in [6.45, 7) is 11.2. The monoisotopic (exact) mass is 453 g/mol. The second-order valence-electron chi connectivity index (χ2n) is 10.7. The Labute approximate surface area is 194 Å². The first-order valence-corrected chi connectivity index (χ1v) is 11.2. The summed E-state index contributed by atoms with van der Waals surface area (Å²) < 4.78 is 11.2. The van der Waals surface area contributed by atoms with Crippen LogP contribution in [0.15, 0.2) is 41.7 Å². The first-order valence-electron chi connectivity index (χ1n) is 11.2. The minimum atomic E-state index is -0.706. The summed E-state index contributed by atoms with van der Waals surface area (Å²) in [5.74, 6) is -0.809. The van der Waals surface area contributed by atoms with Crippen molar-refractivity contribution in [3.63, 3.8) is 0 Å². The third-order valence-electron chi connectivity index (χ3n) is 5.75. The van der Waals surface area contributed by atoms with E-state index in [4.69, 9.17) is 9.47 Å². The number of aromatic nitrogens is 1. The summed E-state index contributed by atoms with van der Waals surface area (Å²) in [4.78, 5) is 46.5. The topological polar surface area (TPSA) is 89.0 Å². The molecule has 0 bridgehead atoms. The molecule has 33 heavy (non-hydrogen) atoms. The van der Waals surface area contributed by atoms with E-state index < -0.39 is 29.3 Å². The molecule has 0 N–H and O–H groups in total. The predicted molar refractivity (Wildman–Crippen MR) is 122 cm³/mol. The molecule has 3 aliphatic heterocycles. The molecule has 4 heterocycles. The number of esters is 1. The van der Waals surface area contributed by atoms with Gasteiger partial charge in [0.15, 0.2) is 0 Å². The Morgan fingerprint density at radius 2 is 1.76 bits per heavy atom. The SMILES string of the molecule is CC(C)(C)OC(=O)C1=C(/C=C/c2ccccn2)CC2CN(C(=O)OC(C)(C)C)C3C(=O)N1[C@H]23. The highest BCUT2D eigenvalue weighted by Crippen LogP contribution is 2.48. The van der Waals surface area contributed by atoms with Crippen LogP contribution in [0, 0.1) is 5.92 Å². The first-order chi connectivity index (χ1) is 15.4. The molecule has 3 aliphatic rings. The Morgan fingerprint density at radius 3 is 2.36 bits per heavy atom. The summed E-state index contributed by atoms with van der Waals surface area (Å²) in [5, 5.41) is 0. The molecule has 0 aromatic carbocycles. The highest BCUT2D eigenvalue weighted by molar-refractivity contribution is 6.03. The second kappa shape index (κ2) is 8.01. The molecular formula is C25H31N3O5. The van der Waals surface area contributed by atoms with E-state index in [2.05, 4.69) is 4.98 Å². The fraction of sp³-hybridized carbons (Fsp3) is 0.520. The largest absolute Gasteiger partial charge is 0.455 e. The van der Waals surface area contributed by atoms with Gasteiger partial charge < -0.3 is 9.47 Å². The third-order valence-corrected chi connectivity index (χ3v) is 5.75. The molecule has 0 saturated carbocycles. The molecule has 0 spiro atoms. The van der Waals surface area contributed by atoms with Crippen LogP contribution >= 0.6 is 0 Å². The number of amides is 2. The summed E-state index contributed by atoms with van der Waals surface area (Å²) in [7, 11) is 0. The number of ether oxygens (including phenoxy) is 2. The van der Waals surface area contributed by atoms with Crippen molar-refractivity contribution in [2.24, 2.45) is 5.92 Å². The number of β-lactam (4-membered cyclic amide) rings is 1. The lowest BCUT2D eigenvalue weighted by Crippen LogP contribution is -2.69. The van der Waals surface area contributed by atoms with E-state index in [0.717, 1.165) is 5.69 Å². The number of hydrogen-bond acceptors (Lipinski definition) is 6. The van der Waals surface area contributed by atoms with E-state index in [1.165, 1.54) is 9.80 Å². The normalized spacial score (nSPS) is 24.7. The van der Waals surface area contributed by atoms with Gasteiger partial charge in [-0.1, -0.05) is 12.1 Å². The fourth-order valence-corrected chi connectivity index (χ4v) is 4.61. The van der Waals surface area contributed by atoms with E-state index in [1.54, 1.807) is 47.7 Å². The van der Waals surface area contributed by atoms with Gasteiger partial charge in [-0.15, -0.1) is 0 Å². The Balaban J connectivity index is 1.67. The number of carbonyl (C=O) groups is 3. The minimum absolute atomic E-state index is 0.00906. The van der Waals surface area contributed by atoms with Crippen LogP contribution in [0.5, 0.6) is 0 Å². The molecule has 8 heteroatoms. The Hall–Kier alpha value is -3.16. The number of carbonyl (C=O) groups excluding carboxylic acids is 3. The maximum absolute atomic E-state index is 13.2. The van der Waals surface area contributed by atoms with Crippen LogP contribution in [0.2, 0.25) is 0 Å². The van der Waals surface area contributed by atoms with Gasteiger partial charge in [-0.2, -0.15) is 0 Å². The second-order valence-corrected chi connectivity index (χ2v) is 10.7. The van der Waals surface area contributed by atoms with Crippen LogP contribution < -0.4 is 0 Å². The molecule has 2 unspecified atom stereocenters. The zero-order chi connectivity index (χ0) is 24.1. The maximum Gasteiger partial charge on any atom is 0.411 e. The maximum atomic E-state index is 13.2. The smallest absolute Gasteiger partial charge is 0.411 e. The molecule has 2 fully saturated rings. The van der Waals surface area contributed by atoms with Gasteiger partial charge >= 0.3 is 12.1 Å². The van der Waals surface area contributed by atoms with Gasteiger partial charge in [-0.3, -0.25) is 19.6 Å². The number of nitrogens with zero attached hydrogens (tertiary/aromatic N) is 3. The molecule has 1 aromatic heterocycles. The number of rotatable bonds is 3. The lowest BCUT2D eigenvalue weighted by molar-refractivity contribution is -0.163. The predicted octanol–water partition coefficient (Wildman–Crippen LogP) is 3.54. The first kappa shape index (κ1) is 23.0. The molecular weight excluding hydrogens is 422 g/mol. The van der Waals surface area contributed by atoms with Gasteiger partial charge in [-0.25, -0.2) is 9.59 Å². The van der Waals surface area contributed by atoms with Gasteiger partial charge in [0.25, 0.3) is 5.91 Å². The lowest BCUT2D eigenvalue weighted by Gasteiger charge is -2.50. The quantitative estimate of drug-likeness (QED) is 0.514. The summed E-state index contributed by atoms with van der Waals surface area (Å²) >= 11 is 0. The minimum Gasteiger partial charge on any atom is -0.455 e. The van der Waals surface area contributed by atoms with Crippen LogP contribution in [0.3, 0.4) is 0 Å². The van der Waals surface area contributed by atoms with E-state index in [-0.39, 0.29) is 23.6 Å². The van der Waals surface area contributed by atoms with Gasteiger partial charge in [0.05, 0.1) is 11.7 Å². The molecule has 0 radical (unpaired) electrons. The van der Waals surface area contributed by atoms with Crippen LogP contribution in [0.4, 0.5) is 4.79 Å². The Morgan fingerprint density at radius 1 is 1.06 bits per heavy atom. The molecule has 2 saturated heterocycles. The molecule has 4 rings (SSSR count). The summed E-state index contributed by atoms with van der Waals surface area (Å²) in [6.07, 6.45) is 5.39. The van der Waals surface area contributed by atoms with Crippen LogP contribution in [-0.2, 0) is 19.1 Å². The van der Waals surface area contributed by atoms with E-state index in [9.17, 15) is 14.4 Å². The molecule has 3 atom stereocenters. The highest BCUT2D eigenvalue weighted by atomic mass is 16.6. The van der Waals surface area contributed by atoms with Crippen molar-refractivity contribution < 1.29 is 23.9 Å². The molecule has 2 amide bonds. The Bertz CT molecular complexity index is 1030. The summed E-state index contributed by atoms with van der Waals surface area (Å²) in [6, 6.07) is 4.71. The van der Waals surface area contributed by atoms with Crippen molar-refractivity contribution in [3.8, 4) is 0 Å². The van der Waals surface area contributed by atoms with Crippen molar-refractivity contribution in [2.75, 3.05) is 6.54 Å². The van der Waals surface area contributed by atoms with Gasteiger partial charge in [0.2, 0.25) is 0 Å². The Kier molecular flexibility index (Phi) is 5.58. The molecule has 8 nitrogen and oxygen atoms in total. The van der Waals surface area contributed by atoms with Crippen LogP contribution in [0.1, 0.15) is 53.7 Å². The van der Waals surface area contributed by atoms with Crippen molar-refractivity contribution in [3.05, 3.63) is 47.4 Å². The summed E-state index contributed by atoms with van der Waals surface area (Å²) in [5.41, 5.74) is 0.334. The lowest BCUT2D eigenvalue weighted by atomic mass is 9.79. The number of allylic oxidation sites excluding steroid dienone is 2. The zero-order valence-electron chi connectivity index (χ0n) is 20.0. The van der Waals surface area contributed by atoms with Crippen LogP contribution in [-0.4, -0.2) is 62.6 Å². The average Bonchev–Trinajstić information content (AvgIpc) is 3.06. The van der Waals surface area contributed by atoms with Gasteiger partial charge in [0.1, 0.15) is 22.9 Å². The fourth-order valence-electron chi connectivity index (χ4n) is 4.61. The number of pyridine rings is 1. The van der Waals surface area contributed by atoms with Crippen molar-refractivity contribution >= 4 is 24.0 Å². The van der Waals surface area contributed by atoms with Crippen molar-refractivity contribution in [2.45, 2.75) is 71.2 Å². The number of likely N-dealkylation sites (tertiary alicyclic amines) is 1. The molecule has 176 valence electrons. The average molecular weight is 454 g/mol. The molecule has 1 aromatic rings. The van der Waals surface area contributed by atoms with Gasteiger partial charge in [-0.05, 0) is 71.7 Å². The van der Waals surface area contributed by atoms with Gasteiger partial charge in [0, 0.05) is 18.7 Å². The number of hydrogen-bond donors (Lipinski definition) is 0. The standard InChI is InChI=1S/C25H31N3O5/c1-24(2,3)32-22(30)19-15(10-11-17-9-7-8-12-26-17)13-16-14-27(23(31)33-25(4,5)6)20-18(16)28(19)21(20)29/h7-12,16,18,20H,13-14H2,1-6H3/b11-10+/t16?,18-,20?/m1/s1. The third kappa shape index (κ3) is 4.51. The molecule has 0 aliphatic carbocycles. The van der Waals surface area contributed by atoms with Crippen molar-refractivity contribution in [1.29, 1.82) is 0 Å². The van der Waals surface area contributed by atoms with E-state index >= 15 is 0 Å². The van der Waals surface area contributed by atoms with E-state index in [0.29, 0.717) is 18.5 Å². The highest BCUT2D eigenvalue weighted by Gasteiger charge is 2.64.